The van der Waals surface area contributed by atoms with E-state index in [0.717, 1.165) is 17.9 Å². The molecule has 1 atom stereocenters. The third kappa shape index (κ3) is 2.90. The molecule has 0 aliphatic carbocycles. The topological polar surface area (TPSA) is 59.1 Å². The van der Waals surface area contributed by atoms with E-state index < -0.39 is 0 Å². The lowest BCUT2D eigenvalue weighted by atomic mass is 10.1. The molecule has 1 fully saturated rings. The van der Waals surface area contributed by atoms with Gasteiger partial charge in [0, 0.05) is 6.54 Å². The predicted molar refractivity (Wildman–Crippen MR) is 87.2 cm³/mol. The summed E-state index contributed by atoms with van der Waals surface area (Å²) < 4.78 is 10.7. The van der Waals surface area contributed by atoms with Crippen molar-refractivity contribution in [3.8, 4) is 5.75 Å². The summed E-state index contributed by atoms with van der Waals surface area (Å²) in [5, 5.41) is 0. The molecule has 0 bridgehead atoms. The van der Waals surface area contributed by atoms with Crippen LogP contribution in [0.4, 0.5) is 0 Å². The first-order valence-electron chi connectivity index (χ1n) is 8.01. The summed E-state index contributed by atoms with van der Waals surface area (Å²) in [6.07, 6.45) is 0.857. The van der Waals surface area contributed by atoms with Gasteiger partial charge in [0.1, 0.15) is 18.5 Å². The smallest absolute Gasteiger partial charge is 0.261 e. The summed E-state index contributed by atoms with van der Waals surface area (Å²) in [4.78, 5) is 25.9. The molecule has 1 saturated heterocycles. The van der Waals surface area contributed by atoms with Crippen molar-refractivity contribution >= 4 is 11.8 Å². The number of hydrogen-bond donors (Lipinski definition) is 0. The maximum atomic E-state index is 12.3. The van der Waals surface area contributed by atoms with Gasteiger partial charge in [0.25, 0.3) is 11.8 Å². The maximum absolute atomic E-state index is 12.3. The van der Waals surface area contributed by atoms with Crippen LogP contribution in [0, 0.1) is 0 Å². The third-order valence-electron chi connectivity index (χ3n) is 4.26. The van der Waals surface area contributed by atoms with Crippen LogP contribution in [0.1, 0.15) is 26.3 Å². The fourth-order valence-electron chi connectivity index (χ4n) is 2.79. The number of epoxide rings is 1. The Morgan fingerprint density at radius 2 is 1.62 bits per heavy atom. The van der Waals surface area contributed by atoms with Crippen molar-refractivity contribution in [2.75, 3.05) is 19.8 Å². The Hall–Kier alpha value is -2.66. The molecule has 2 aromatic rings. The van der Waals surface area contributed by atoms with Crippen LogP contribution in [0.3, 0.4) is 0 Å². The number of carbonyl (C=O) groups excluding carboxylic acids is 2. The van der Waals surface area contributed by atoms with Gasteiger partial charge in [-0.2, -0.15) is 0 Å². The zero-order valence-electron chi connectivity index (χ0n) is 13.1. The lowest BCUT2D eigenvalue weighted by Gasteiger charge is -2.14. The molecule has 24 heavy (non-hydrogen) atoms. The summed E-state index contributed by atoms with van der Waals surface area (Å²) in [6.45, 7) is 1.73. The lowest BCUT2D eigenvalue weighted by Crippen LogP contribution is -2.31. The predicted octanol–water partition coefficient (Wildman–Crippen LogP) is 2.30. The quantitative estimate of drug-likeness (QED) is 0.604. The molecule has 0 aromatic heterocycles. The summed E-state index contributed by atoms with van der Waals surface area (Å²) >= 11 is 0. The summed E-state index contributed by atoms with van der Waals surface area (Å²) in [5.41, 5.74) is 2.05. The lowest BCUT2D eigenvalue weighted by molar-refractivity contribution is 0.0656. The standard InChI is InChI=1S/C19H17NO4/c21-18-16-3-1-2-4-17(16)19(22)20(18)10-9-13-5-7-14(8-6-13)23-11-15-12-24-15/h1-8,15H,9-12H2. The average molecular weight is 323 g/mol. The van der Waals surface area contributed by atoms with Crippen molar-refractivity contribution in [1.29, 1.82) is 0 Å². The second kappa shape index (κ2) is 6.09. The number of ether oxygens (including phenoxy) is 2. The highest BCUT2D eigenvalue weighted by atomic mass is 16.6. The number of carbonyl (C=O) groups is 2. The van der Waals surface area contributed by atoms with Crippen LogP contribution in [0.5, 0.6) is 5.75 Å². The molecule has 2 aromatic carbocycles. The van der Waals surface area contributed by atoms with Crippen LogP contribution in [0.25, 0.3) is 0 Å². The molecule has 2 aliphatic rings. The van der Waals surface area contributed by atoms with E-state index in [1.54, 1.807) is 24.3 Å². The molecule has 4 rings (SSSR count). The van der Waals surface area contributed by atoms with Crippen LogP contribution in [0.15, 0.2) is 48.5 Å². The van der Waals surface area contributed by atoms with Crippen LogP contribution < -0.4 is 4.74 Å². The Kier molecular flexibility index (Phi) is 3.78. The zero-order chi connectivity index (χ0) is 16.5. The van der Waals surface area contributed by atoms with E-state index in [1.165, 1.54) is 4.90 Å². The first kappa shape index (κ1) is 14.9. The second-order valence-corrected chi connectivity index (χ2v) is 5.97. The minimum Gasteiger partial charge on any atom is -0.491 e. The van der Waals surface area contributed by atoms with Crippen LogP contribution in [0.2, 0.25) is 0 Å². The molecule has 2 aliphatic heterocycles. The number of benzene rings is 2. The van der Waals surface area contributed by atoms with Gasteiger partial charge in [0.15, 0.2) is 0 Å². The van der Waals surface area contributed by atoms with Crippen LogP contribution in [-0.2, 0) is 11.2 Å². The molecule has 0 saturated carbocycles. The molecule has 0 N–H and O–H groups in total. The number of nitrogens with zero attached hydrogens (tertiary/aromatic N) is 1. The van der Waals surface area contributed by atoms with Crippen LogP contribution >= 0.6 is 0 Å². The SMILES string of the molecule is O=C1c2ccccc2C(=O)N1CCc1ccc(OCC2CO2)cc1. The minimum atomic E-state index is -0.208. The van der Waals surface area contributed by atoms with Crippen molar-refractivity contribution in [2.24, 2.45) is 0 Å². The van der Waals surface area contributed by atoms with Gasteiger partial charge >= 0.3 is 0 Å². The monoisotopic (exact) mass is 323 g/mol. The van der Waals surface area contributed by atoms with Crippen molar-refractivity contribution in [3.63, 3.8) is 0 Å². The Labute approximate surface area is 139 Å². The highest BCUT2D eigenvalue weighted by molar-refractivity contribution is 6.21. The molecule has 5 heteroatoms. The van der Waals surface area contributed by atoms with Crippen LogP contribution in [-0.4, -0.2) is 42.6 Å². The molecular formula is C19H17NO4. The van der Waals surface area contributed by atoms with E-state index in [2.05, 4.69) is 0 Å². The van der Waals surface area contributed by atoms with Crippen molar-refractivity contribution in [1.82, 2.24) is 4.90 Å². The second-order valence-electron chi connectivity index (χ2n) is 5.97. The number of rotatable bonds is 6. The normalized spacial score (nSPS) is 18.7. The van der Waals surface area contributed by atoms with E-state index in [9.17, 15) is 9.59 Å². The Balaban J connectivity index is 1.36. The number of amides is 2. The van der Waals surface area contributed by atoms with Crippen molar-refractivity contribution in [2.45, 2.75) is 12.5 Å². The zero-order valence-corrected chi connectivity index (χ0v) is 13.1. The molecule has 2 amide bonds. The average Bonchev–Trinajstić information content (AvgIpc) is 3.41. The molecule has 0 radical (unpaired) electrons. The number of fused-ring (bicyclic) bond motifs is 1. The first-order chi connectivity index (χ1) is 11.7. The Morgan fingerprint density at radius 3 is 2.21 bits per heavy atom. The van der Waals surface area contributed by atoms with Gasteiger partial charge in [0.2, 0.25) is 0 Å². The van der Waals surface area contributed by atoms with E-state index >= 15 is 0 Å². The molecular weight excluding hydrogens is 306 g/mol. The maximum Gasteiger partial charge on any atom is 0.261 e. The molecule has 5 nitrogen and oxygen atoms in total. The largest absolute Gasteiger partial charge is 0.491 e. The van der Waals surface area contributed by atoms with E-state index in [0.29, 0.717) is 30.7 Å². The summed E-state index contributed by atoms with van der Waals surface area (Å²) in [7, 11) is 0. The Bertz CT molecular complexity index is 745. The number of hydrogen-bond acceptors (Lipinski definition) is 4. The fraction of sp³-hybridized carbons (Fsp3) is 0.263. The van der Waals surface area contributed by atoms with E-state index in [-0.39, 0.29) is 17.9 Å². The van der Waals surface area contributed by atoms with Gasteiger partial charge in [-0.25, -0.2) is 0 Å². The van der Waals surface area contributed by atoms with Crippen molar-refractivity contribution < 1.29 is 19.1 Å². The van der Waals surface area contributed by atoms with Gasteiger partial charge in [-0.15, -0.1) is 0 Å². The van der Waals surface area contributed by atoms with E-state index in [1.807, 2.05) is 24.3 Å². The van der Waals surface area contributed by atoms with Gasteiger partial charge in [-0.05, 0) is 36.2 Å². The van der Waals surface area contributed by atoms with E-state index in [4.69, 9.17) is 9.47 Å². The first-order valence-corrected chi connectivity index (χ1v) is 8.01. The molecule has 0 spiro atoms. The molecule has 122 valence electrons. The minimum absolute atomic E-state index is 0.208. The third-order valence-corrected chi connectivity index (χ3v) is 4.26. The highest BCUT2D eigenvalue weighted by Gasteiger charge is 2.34. The molecule has 1 unspecified atom stereocenters. The summed E-state index contributed by atoms with van der Waals surface area (Å²) in [5.74, 6) is 0.384. The Morgan fingerprint density at radius 1 is 1.00 bits per heavy atom. The van der Waals surface area contributed by atoms with Gasteiger partial charge in [-0.3, -0.25) is 14.5 Å². The van der Waals surface area contributed by atoms with Gasteiger partial charge in [0.05, 0.1) is 17.7 Å². The van der Waals surface area contributed by atoms with Gasteiger partial charge < -0.3 is 9.47 Å². The summed E-state index contributed by atoms with van der Waals surface area (Å²) in [6, 6.07) is 14.7. The highest BCUT2D eigenvalue weighted by Crippen LogP contribution is 2.23. The molecule has 2 heterocycles. The van der Waals surface area contributed by atoms with Gasteiger partial charge in [-0.1, -0.05) is 24.3 Å². The fourth-order valence-corrected chi connectivity index (χ4v) is 2.79. The number of imide groups is 1. The van der Waals surface area contributed by atoms with Crippen molar-refractivity contribution in [3.05, 3.63) is 65.2 Å².